The van der Waals surface area contributed by atoms with E-state index in [1.165, 1.54) is 16.5 Å². The van der Waals surface area contributed by atoms with Gasteiger partial charge in [-0.05, 0) is 53.9 Å². The zero-order chi connectivity index (χ0) is 11.7. The lowest BCUT2D eigenvalue weighted by Crippen LogP contribution is -2.02. The van der Waals surface area contributed by atoms with E-state index in [-0.39, 0.29) is 0 Å². The summed E-state index contributed by atoms with van der Waals surface area (Å²) in [5, 5.41) is 4.46. The van der Waals surface area contributed by atoms with Crippen LogP contribution in [0, 0.1) is 13.8 Å². The Labute approximate surface area is 104 Å². The number of nitrogens with zero attached hydrogens (tertiary/aromatic N) is 1. The molecule has 0 saturated heterocycles. The number of aryl methyl sites for hydroxylation is 2. The van der Waals surface area contributed by atoms with Gasteiger partial charge in [0.25, 0.3) is 0 Å². The normalized spacial score (nSPS) is 10.8. The third kappa shape index (κ3) is 1.92. The summed E-state index contributed by atoms with van der Waals surface area (Å²) in [5.74, 6) is 0.973. The van der Waals surface area contributed by atoms with Crippen molar-refractivity contribution in [1.29, 1.82) is 0 Å². The first kappa shape index (κ1) is 11.4. The number of fused-ring (bicyclic) bond motifs is 1. The van der Waals surface area contributed by atoms with E-state index in [4.69, 9.17) is 0 Å². The number of hydrogen-bond donors (Lipinski definition) is 1. The van der Waals surface area contributed by atoms with Gasteiger partial charge in [0, 0.05) is 16.4 Å². The Balaban J connectivity index is 2.70. The van der Waals surface area contributed by atoms with E-state index in [1.807, 2.05) is 0 Å². The quantitative estimate of drug-likeness (QED) is 0.897. The summed E-state index contributed by atoms with van der Waals surface area (Å²) in [5.41, 5.74) is 3.43. The van der Waals surface area contributed by atoms with Crippen molar-refractivity contribution in [3.63, 3.8) is 0 Å². The van der Waals surface area contributed by atoms with E-state index >= 15 is 0 Å². The Morgan fingerprint density at radius 1 is 1.25 bits per heavy atom. The molecule has 0 aliphatic heterocycles. The molecule has 0 saturated carbocycles. The highest BCUT2D eigenvalue weighted by Crippen LogP contribution is 2.28. The SMILES string of the molecule is CCNc1nc2c(Br)c(C)ccc2cc1C. The number of nitrogens with one attached hydrogen (secondary N) is 1. The molecule has 0 fully saturated rings. The zero-order valence-corrected chi connectivity index (χ0v) is 11.4. The maximum Gasteiger partial charge on any atom is 0.129 e. The molecule has 0 aliphatic rings. The lowest BCUT2D eigenvalue weighted by molar-refractivity contribution is 1.15. The summed E-state index contributed by atoms with van der Waals surface area (Å²) in [4.78, 5) is 4.67. The lowest BCUT2D eigenvalue weighted by Gasteiger charge is -2.10. The Morgan fingerprint density at radius 3 is 2.69 bits per heavy atom. The van der Waals surface area contributed by atoms with Gasteiger partial charge in [-0.15, -0.1) is 0 Å². The maximum absolute atomic E-state index is 4.67. The van der Waals surface area contributed by atoms with Crippen LogP contribution in [0.25, 0.3) is 10.9 Å². The Hall–Kier alpha value is -1.09. The third-order valence-corrected chi connectivity index (χ3v) is 3.65. The molecule has 3 heteroatoms. The van der Waals surface area contributed by atoms with Crippen molar-refractivity contribution in [1.82, 2.24) is 4.98 Å². The van der Waals surface area contributed by atoms with Crippen molar-refractivity contribution in [2.75, 3.05) is 11.9 Å². The van der Waals surface area contributed by atoms with Gasteiger partial charge in [-0.3, -0.25) is 0 Å². The zero-order valence-electron chi connectivity index (χ0n) is 9.76. The van der Waals surface area contributed by atoms with E-state index < -0.39 is 0 Å². The van der Waals surface area contributed by atoms with Gasteiger partial charge in [0.05, 0.1) is 5.52 Å². The van der Waals surface area contributed by atoms with Crippen LogP contribution in [0.15, 0.2) is 22.7 Å². The molecule has 1 heterocycles. The minimum absolute atomic E-state index is 0.892. The van der Waals surface area contributed by atoms with Crippen LogP contribution in [0.3, 0.4) is 0 Å². The molecule has 0 amide bonds. The molecule has 2 aromatic rings. The summed E-state index contributed by atoms with van der Waals surface area (Å²) >= 11 is 3.60. The molecule has 2 nitrogen and oxygen atoms in total. The minimum Gasteiger partial charge on any atom is -0.370 e. The van der Waals surface area contributed by atoms with Crippen LogP contribution in [0.2, 0.25) is 0 Å². The number of hydrogen-bond acceptors (Lipinski definition) is 2. The molecule has 84 valence electrons. The standard InChI is InChI=1S/C13H15BrN2/c1-4-15-13-9(3)7-10-6-5-8(2)11(14)12(10)16-13/h5-7H,4H2,1-3H3,(H,15,16). The number of pyridine rings is 1. The van der Waals surface area contributed by atoms with Crippen LogP contribution >= 0.6 is 15.9 Å². The minimum atomic E-state index is 0.892. The summed E-state index contributed by atoms with van der Waals surface area (Å²) in [7, 11) is 0. The van der Waals surface area contributed by atoms with Gasteiger partial charge >= 0.3 is 0 Å². The fourth-order valence-electron chi connectivity index (χ4n) is 1.76. The molecule has 0 aliphatic carbocycles. The first-order valence-corrected chi connectivity index (χ1v) is 6.23. The summed E-state index contributed by atoms with van der Waals surface area (Å²) in [6, 6.07) is 6.40. The highest BCUT2D eigenvalue weighted by Gasteiger charge is 2.07. The van der Waals surface area contributed by atoms with Crippen LogP contribution in [-0.4, -0.2) is 11.5 Å². The first-order chi connectivity index (χ1) is 7.63. The van der Waals surface area contributed by atoms with Crippen molar-refractivity contribution >= 4 is 32.7 Å². The highest BCUT2D eigenvalue weighted by atomic mass is 79.9. The fraction of sp³-hybridized carbons (Fsp3) is 0.308. The molecule has 0 spiro atoms. The highest BCUT2D eigenvalue weighted by molar-refractivity contribution is 9.10. The smallest absolute Gasteiger partial charge is 0.129 e. The predicted molar refractivity (Wildman–Crippen MR) is 73.1 cm³/mol. The second kappa shape index (κ2) is 4.42. The van der Waals surface area contributed by atoms with Crippen molar-refractivity contribution < 1.29 is 0 Å². The van der Waals surface area contributed by atoms with Gasteiger partial charge in [-0.25, -0.2) is 4.98 Å². The van der Waals surface area contributed by atoms with Crippen molar-refractivity contribution in [2.24, 2.45) is 0 Å². The van der Waals surface area contributed by atoms with E-state index in [0.29, 0.717) is 0 Å². The molecular weight excluding hydrogens is 264 g/mol. The Kier molecular flexibility index (Phi) is 3.15. The molecule has 0 atom stereocenters. The third-order valence-electron chi connectivity index (χ3n) is 2.65. The molecule has 0 bridgehead atoms. The number of anilines is 1. The van der Waals surface area contributed by atoms with Gasteiger partial charge < -0.3 is 5.32 Å². The lowest BCUT2D eigenvalue weighted by atomic mass is 10.1. The van der Waals surface area contributed by atoms with Gasteiger partial charge in [-0.1, -0.05) is 12.1 Å². The van der Waals surface area contributed by atoms with Gasteiger partial charge in [0.1, 0.15) is 5.82 Å². The number of halogens is 1. The predicted octanol–water partition coefficient (Wildman–Crippen LogP) is 4.05. The molecule has 16 heavy (non-hydrogen) atoms. The average molecular weight is 279 g/mol. The van der Waals surface area contributed by atoms with Gasteiger partial charge in [-0.2, -0.15) is 0 Å². The molecule has 2 rings (SSSR count). The van der Waals surface area contributed by atoms with Crippen LogP contribution in [0.1, 0.15) is 18.1 Å². The van der Waals surface area contributed by atoms with E-state index in [0.717, 1.165) is 22.4 Å². The van der Waals surface area contributed by atoms with Gasteiger partial charge in [0.15, 0.2) is 0 Å². The Bertz CT molecular complexity index is 535. The van der Waals surface area contributed by atoms with Gasteiger partial charge in [0.2, 0.25) is 0 Å². The monoisotopic (exact) mass is 278 g/mol. The molecule has 1 aromatic heterocycles. The van der Waals surface area contributed by atoms with Crippen LogP contribution in [0.5, 0.6) is 0 Å². The second-order valence-electron chi connectivity index (χ2n) is 3.95. The second-order valence-corrected chi connectivity index (χ2v) is 4.75. The van der Waals surface area contributed by atoms with Crippen molar-refractivity contribution in [3.8, 4) is 0 Å². The molecule has 0 radical (unpaired) electrons. The van der Waals surface area contributed by atoms with Crippen LogP contribution in [0.4, 0.5) is 5.82 Å². The van der Waals surface area contributed by atoms with Crippen LogP contribution < -0.4 is 5.32 Å². The van der Waals surface area contributed by atoms with Crippen LogP contribution in [-0.2, 0) is 0 Å². The first-order valence-electron chi connectivity index (χ1n) is 5.43. The molecule has 1 aromatic carbocycles. The summed E-state index contributed by atoms with van der Waals surface area (Å²) in [6.45, 7) is 7.13. The molecule has 0 unspecified atom stereocenters. The largest absolute Gasteiger partial charge is 0.370 e. The average Bonchev–Trinajstić information content (AvgIpc) is 2.26. The molecule has 1 N–H and O–H groups in total. The maximum atomic E-state index is 4.67. The Morgan fingerprint density at radius 2 is 2.00 bits per heavy atom. The van der Waals surface area contributed by atoms with E-state index in [2.05, 4.69) is 65.2 Å². The fourth-order valence-corrected chi connectivity index (χ4v) is 2.21. The van der Waals surface area contributed by atoms with E-state index in [1.54, 1.807) is 0 Å². The topological polar surface area (TPSA) is 24.9 Å². The summed E-state index contributed by atoms with van der Waals surface area (Å²) < 4.78 is 1.09. The summed E-state index contributed by atoms with van der Waals surface area (Å²) in [6.07, 6.45) is 0. The number of rotatable bonds is 2. The number of aromatic nitrogens is 1. The van der Waals surface area contributed by atoms with Crippen molar-refractivity contribution in [2.45, 2.75) is 20.8 Å². The molecular formula is C13H15BrN2. The van der Waals surface area contributed by atoms with Crippen molar-refractivity contribution in [3.05, 3.63) is 33.8 Å². The van der Waals surface area contributed by atoms with E-state index in [9.17, 15) is 0 Å². The number of benzene rings is 1.